The average Bonchev–Trinajstić information content (AvgIpc) is 2.67. The third kappa shape index (κ3) is 3.82. The second kappa shape index (κ2) is 7.79. The Bertz CT molecular complexity index is 1080. The summed E-state index contributed by atoms with van der Waals surface area (Å²) in [6.07, 6.45) is 0. The quantitative estimate of drug-likeness (QED) is 0.747. The monoisotopic (exact) mass is 405 g/mol. The Kier molecular flexibility index (Phi) is 5.60. The van der Waals surface area contributed by atoms with Crippen molar-refractivity contribution >= 4 is 10.0 Å². The fourth-order valence-corrected chi connectivity index (χ4v) is 4.48. The van der Waals surface area contributed by atoms with Crippen molar-refractivity contribution in [2.45, 2.75) is 25.4 Å². The highest BCUT2D eigenvalue weighted by atomic mass is 32.2. The molecular formula is C18H20FN5O3S. The van der Waals surface area contributed by atoms with Crippen LogP contribution in [-0.2, 0) is 16.7 Å². The van der Waals surface area contributed by atoms with E-state index >= 15 is 0 Å². The average molecular weight is 405 g/mol. The first-order valence-electron chi connectivity index (χ1n) is 8.70. The molecule has 2 heterocycles. The smallest absolute Gasteiger partial charge is 0.282 e. The van der Waals surface area contributed by atoms with Crippen LogP contribution in [0.5, 0.6) is 0 Å². The zero-order chi connectivity index (χ0) is 20.5. The normalized spacial score (nSPS) is 16.1. The molecule has 0 N–H and O–H groups in total. The SMILES string of the molecule is Cc1nn(CN2CCN(S(=O)(=O)c3ccc(F)cc3)CC2)c(=O)c(C#N)c1C. The largest absolute Gasteiger partial charge is 0.286 e. The van der Waals surface area contributed by atoms with Gasteiger partial charge in [0.05, 0.1) is 17.3 Å². The maximum absolute atomic E-state index is 13.0. The van der Waals surface area contributed by atoms with Crippen molar-refractivity contribution in [2.24, 2.45) is 0 Å². The lowest BCUT2D eigenvalue weighted by Gasteiger charge is -2.33. The molecule has 28 heavy (non-hydrogen) atoms. The maximum Gasteiger partial charge on any atom is 0.286 e. The van der Waals surface area contributed by atoms with E-state index < -0.39 is 21.4 Å². The molecule has 3 rings (SSSR count). The lowest BCUT2D eigenvalue weighted by atomic mass is 10.1. The predicted octanol–water partition coefficient (Wildman–Crippen LogP) is 0.835. The van der Waals surface area contributed by atoms with Crippen LogP contribution >= 0.6 is 0 Å². The van der Waals surface area contributed by atoms with Crippen LogP contribution in [0.15, 0.2) is 34.0 Å². The molecule has 148 valence electrons. The van der Waals surface area contributed by atoms with Gasteiger partial charge in [-0.15, -0.1) is 0 Å². The molecule has 0 unspecified atom stereocenters. The molecule has 1 fully saturated rings. The van der Waals surface area contributed by atoms with Gasteiger partial charge in [0.15, 0.2) is 0 Å². The van der Waals surface area contributed by atoms with Crippen molar-refractivity contribution in [3.63, 3.8) is 0 Å². The van der Waals surface area contributed by atoms with Crippen molar-refractivity contribution in [1.82, 2.24) is 19.0 Å². The Morgan fingerprint density at radius 2 is 1.75 bits per heavy atom. The Hall–Kier alpha value is -2.61. The van der Waals surface area contributed by atoms with Gasteiger partial charge in [-0.05, 0) is 43.7 Å². The van der Waals surface area contributed by atoms with Gasteiger partial charge < -0.3 is 0 Å². The minimum atomic E-state index is -3.69. The van der Waals surface area contributed by atoms with Crippen molar-refractivity contribution in [3.8, 4) is 6.07 Å². The number of benzene rings is 1. The molecule has 0 atom stereocenters. The lowest BCUT2D eigenvalue weighted by molar-refractivity contribution is 0.142. The summed E-state index contributed by atoms with van der Waals surface area (Å²) in [5, 5.41) is 13.4. The highest BCUT2D eigenvalue weighted by Crippen LogP contribution is 2.18. The summed E-state index contributed by atoms with van der Waals surface area (Å²) in [6.45, 7) is 4.89. The third-order valence-electron chi connectivity index (χ3n) is 4.87. The van der Waals surface area contributed by atoms with Gasteiger partial charge in [-0.2, -0.15) is 14.7 Å². The van der Waals surface area contributed by atoms with Crippen LogP contribution in [0, 0.1) is 31.0 Å². The van der Waals surface area contributed by atoms with Crippen molar-refractivity contribution in [3.05, 3.63) is 57.3 Å². The number of hydrogen-bond donors (Lipinski definition) is 0. The molecule has 10 heteroatoms. The number of sulfonamides is 1. The van der Waals surface area contributed by atoms with E-state index in [0.717, 1.165) is 12.1 Å². The summed E-state index contributed by atoms with van der Waals surface area (Å²) in [5.41, 5.74) is 0.796. The second-order valence-electron chi connectivity index (χ2n) is 6.62. The molecule has 1 saturated heterocycles. The molecular weight excluding hydrogens is 385 g/mol. The minimum absolute atomic E-state index is 0.0491. The minimum Gasteiger partial charge on any atom is -0.282 e. The summed E-state index contributed by atoms with van der Waals surface area (Å²) >= 11 is 0. The molecule has 0 bridgehead atoms. The van der Waals surface area contributed by atoms with E-state index in [2.05, 4.69) is 5.10 Å². The first-order chi connectivity index (χ1) is 13.2. The zero-order valence-corrected chi connectivity index (χ0v) is 16.4. The van der Waals surface area contributed by atoms with Crippen LogP contribution in [0.1, 0.15) is 16.8 Å². The number of halogens is 1. The standard InChI is InChI=1S/C18H20FN5O3S/c1-13-14(2)21-24(18(25)17(13)11-20)12-22-7-9-23(10-8-22)28(26,27)16-5-3-15(19)4-6-16/h3-6H,7-10,12H2,1-2H3. The van der Waals surface area contributed by atoms with E-state index in [0.29, 0.717) is 24.3 Å². The van der Waals surface area contributed by atoms with Crippen molar-refractivity contribution in [2.75, 3.05) is 26.2 Å². The fraction of sp³-hybridized carbons (Fsp3) is 0.389. The summed E-state index contributed by atoms with van der Waals surface area (Å²) in [7, 11) is -3.69. The number of piperazine rings is 1. The maximum atomic E-state index is 13.0. The first-order valence-corrected chi connectivity index (χ1v) is 10.1. The number of aromatic nitrogens is 2. The number of hydrogen-bond acceptors (Lipinski definition) is 6. The Labute approximate surface area is 162 Å². The summed E-state index contributed by atoms with van der Waals surface area (Å²) in [6, 6.07) is 6.66. The van der Waals surface area contributed by atoms with E-state index in [9.17, 15) is 22.9 Å². The number of rotatable bonds is 4. The Balaban J connectivity index is 1.71. The van der Waals surface area contributed by atoms with Crippen LogP contribution in [0.2, 0.25) is 0 Å². The topological polar surface area (TPSA) is 99.3 Å². The van der Waals surface area contributed by atoms with Crippen LogP contribution in [-0.4, -0.2) is 53.6 Å². The lowest BCUT2D eigenvalue weighted by Crippen LogP contribution is -2.50. The van der Waals surface area contributed by atoms with E-state index in [-0.39, 0.29) is 30.2 Å². The van der Waals surface area contributed by atoms with Gasteiger partial charge in [0.2, 0.25) is 10.0 Å². The molecule has 0 spiro atoms. The third-order valence-corrected chi connectivity index (χ3v) is 6.78. The van der Waals surface area contributed by atoms with Gasteiger partial charge in [-0.3, -0.25) is 9.69 Å². The first kappa shape index (κ1) is 20.1. The molecule has 8 nitrogen and oxygen atoms in total. The molecule has 0 saturated carbocycles. The van der Waals surface area contributed by atoms with Gasteiger partial charge in [-0.1, -0.05) is 0 Å². The fourth-order valence-electron chi connectivity index (χ4n) is 3.06. The van der Waals surface area contributed by atoms with Gasteiger partial charge >= 0.3 is 0 Å². The summed E-state index contributed by atoms with van der Waals surface area (Å²) in [5.74, 6) is -0.494. The van der Waals surface area contributed by atoms with E-state index in [1.807, 2.05) is 11.0 Å². The highest BCUT2D eigenvalue weighted by Gasteiger charge is 2.29. The predicted molar refractivity (Wildman–Crippen MR) is 99.4 cm³/mol. The van der Waals surface area contributed by atoms with E-state index in [1.165, 1.54) is 21.1 Å². The summed E-state index contributed by atoms with van der Waals surface area (Å²) < 4.78 is 41.0. The Morgan fingerprint density at radius 1 is 1.14 bits per heavy atom. The van der Waals surface area contributed by atoms with Gasteiger partial charge in [-0.25, -0.2) is 17.5 Å². The van der Waals surface area contributed by atoms with Gasteiger partial charge in [0, 0.05) is 26.2 Å². The molecule has 1 aliphatic rings. The van der Waals surface area contributed by atoms with E-state index in [4.69, 9.17) is 0 Å². The second-order valence-corrected chi connectivity index (χ2v) is 8.56. The molecule has 0 amide bonds. The van der Waals surface area contributed by atoms with Crippen LogP contribution in [0.4, 0.5) is 4.39 Å². The van der Waals surface area contributed by atoms with Crippen LogP contribution in [0.3, 0.4) is 0 Å². The number of aryl methyl sites for hydroxylation is 1. The zero-order valence-electron chi connectivity index (χ0n) is 15.6. The van der Waals surface area contributed by atoms with Crippen LogP contribution in [0.25, 0.3) is 0 Å². The van der Waals surface area contributed by atoms with Gasteiger partial charge in [0.25, 0.3) is 5.56 Å². The molecule has 1 aromatic heterocycles. The van der Waals surface area contributed by atoms with Gasteiger partial charge in [0.1, 0.15) is 17.4 Å². The molecule has 0 radical (unpaired) electrons. The molecule has 1 aromatic carbocycles. The molecule has 0 aliphatic carbocycles. The van der Waals surface area contributed by atoms with Crippen molar-refractivity contribution < 1.29 is 12.8 Å². The van der Waals surface area contributed by atoms with Crippen molar-refractivity contribution in [1.29, 1.82) is 5.26 Å². The summed E-state index contributed by atoms with van der Waals surface area (Å²) in [4.78, 5) is 14.4. The van der Waals surface area contributed by atoms with E-state index in [1.54, 1.807) is 13.8 Å². The molecule has 1 aliphatic heterocycles. The molecule has 2 aromatic rings. The number of nitrogens with zero attached hydrogens (tertiary/aromatic N) is 5. The Morgan fingerprint density at radius 3 is 2.32 bits per heavy atom. The number of nitriles is 1. The van der Waals surface area contributed by atoms with Crippen LogP contribution < -0.4 is 5.56 Å². The highest BCUT2D eigenvalue weighted by molar-refractivity contribution is 7.89.